The Morgan fingerprint density at radius 1 is 1.07 bits per heavy atom. The summed E-state index contributed by atoms with van der Waals surface area (Å²) >= 11 is 5.98. The van der Waals surface area contributed by atoms with Gasteiger partial charge >= 0.3 is 0 Å². The number of hydrogen-bond donors (Lipinski definition) is 3. The van der Waals surface area contributed by atoms with Gasteiger partial charge in [-0.1, -0.05) is 17.7 Å². The summed E-state index contributed by atoms with van der Waals surface area (Å²) in [5.74, 6) is -1.49. The summed E-state index contributed by atoms with van der Waals surface area (Å²) < 4.78 is 39.1. The van der Waals surface area contributed by atoms with Crippen molar-refractivity contribution in [3.63, 3.8) is 0 Å². The quantitative estimate of drug-likeness (QED) is 0.600. The SMILES string of the molecule is Cc1c(Cl)cccc1NC(=O)CNC(=O)CCNS(=O)(=O)c1ccc(F)cc1. The first-order valence-electron chi connectivity index (χ1n) is 8.26. The van der Waals surface area contributed by atoms with Crippen molar-refractivity contribution in [1.82, 2.24) is 10.0 Å². The topological polar surface area (TPSA) is 104 Å². The molecule has 0 unspecified atom stereocenters. The van der Waals surface area contributed by atoms with Gasteiger partial charge in [-0.05, 0) is 48.9 Å². The number of hydrogen-bond acceptors (Lipinski definition) is 4. The van der Waals surface area contributed by atoms with E-state index in [0.717, 1.165) is 24.3 Å². The molecule has 2 aromatic carbocycles. The maximum atomic E-state index is 12.9. The number of anilines is 1. The van der Waals surface area contributed by atoms with Gasteiger partial charge in [0.2, 0.25) is 21.8 Å². The number of carbonyl (C=O) groups excluding carboxylic acids is 2. The zero-order valence-corrected chi connectivity index (χ0v) is 16.5. The average Bonchev–Trinajstić information content (AvgIpc) is 2.64. The van der Waals surface area contributed by atoms with E-state index < -0.39 is 27.7 Å². The van der Waals surface area contributed by atoms with Gasteiger partial charge in [0.15, 0.2) is 0 Å². The summed E-state index contributed by atoms with van der Waals surface area (Å²) in [5, 5.41) is 5.54. The zero-order chi connectivity index (χ0) is 20.7. The van der Waals surface area contributed by atoms with E-state index in [1.165, 1.54) is 0 Å². The fourth-order valence-corrected chi connectivity index (χ4v) is 3.41. The molecule has 0 fully saturated rings. The van der Waals surface area contributed by atoms with E-state index in [9.17, 15) is 22.4 Å². The number of rotatable bonds is 8. The molecule has 0 atom stereocenters. The van der Waals surface area contributed by atoms with E-state index in [0.29, 0.717) is 16.3 Å². The monoisotopic (exact) mass is 427 g/mol. The molecule has 2 rings (SSSR count). The Labute approximate surface area is 167 Å². The number of sulfonamides is 1. The maximum absolute atomic E-state index is 12.9. The predicted octanol–water partition coefficient (Wildman–Crippen LogP) is 2.21. The first-order valence-corrected chi connectivity index (χ1v) is 10.1. The molecule has 0 aliphatic rings. The van der Waals surface area contributed by atoms with E-state index in [2.05, 4.69) is 15.4 Å². The standard InChI is InChI=1S/C18H19ClFN3O4S/c1-12-15(19)3-2-4-16(12)23-18(25)11-21-17(24)9-10-22-28(26,27)14-7-5-13(20)6-8-14/h2-8,22H,9-11H2,1H3,(H,21,24)(H,23,25). The van der Waals surface area contributed by atoms with E-state index in [4.69, 9.17) is 11.6 Å². The number of amides is 2. The molecule has 0 radical (unpaired) electrons. The Hall–Kier alpha value is -2.49. The normalized spacial score (nSPS) is 11.1. The summed E-state index contributed by atoms with van der Waals surface area (Å²) in [6.45, 7) is 1.32. The van der Waals surface area contributed by atoms with Gasteiger partial charge in [-0.15, -0.1) is 0 Å². The molecule has 150 valence electrons. The van der Waals surface area contributed by atoms with Gasteiger partial charge in [-0.25, -0.2) is 17.5 Å². The lowest BCUT2D eigenvalue weighted by Crippen LogP contribution is -2.35. The van der Waals surface area contributed by atoms with Gasteiger partial charge in [-0.3, -0.25) is 9.59 Å². The highest BCUT2D eigenvalue weighted by Gasteiger charge is 2.14. The number of carbonyl (C=O) groups is 2. The van der Waals surface area contributed by atoms with Crippen molar-refractivity contribution in [2.24, 2.45) is 0 Å². The highest BCUT2D eigenvalue weighted by molar-refractivity contribution is 7.89. The third-order valence-electron chi connectivity index (χ3n) is 3.76. The zero-order valence-electron chi connectivity index (χ0n) is 15.0. The molecule has 0 heterocycles. The van der Waals surface area contributed by atoms with Crippen LogP contribution < -0.4 is 15.4 Å². The van der Waals surface area contributed by atoms with Crippen molar-refractivity contribution >= 4 is 39.1 Å². The molecule has 0 saturated heterocycles. The fourth-order valence-electron chi connectivity index (χ4n) is 2.20. The van der Waals surface area contributed by atoms with Crippen LogP contribution in [0.1, 0.15) is 12.0 Å². The van der Waals surface area contributed by atoms with Crippen molar-refractivity contribution in [3.8, 4) is 0 Å². The van der Waals surface area contributed by atoms with Crippen molar-refractivity contribution in [1.29, 1.82) is 0 Å². The number of benzene rings is 2. The van der Waals surface area contributed by atoms with Crippen LogP contribution in [0.25, 0.3) is 0 Å². The third kappa shape index (κ3) is 6.29. The van der Waals surface area contributed by atoms with Gasteiger partial charge in [0.1, 0.15) is 5.82 Å². The second-order valence-corrected chi connectivity index (χ2v) is 8.01. The molecular weight excluding hydrogens is 409 g/mol. The minimum Gasteiger partial charge on any atom is -0.347 e. The highest BCUT2D eigenvalue weighted by Crippen LogP contribution is 2.22. The summed E-state index contributed by atoms with van der Waals surface area (Å²) in [7, 11) is -3.84. The molecule has 3 N–H and O–H groups in total. The highest BCUT2D eigenvalue weighted by atomic mass is 35.5. The third-order valence-corrected chi connectivity index (χ3v) is 5.64. The summed E-state index contributed by atoms with van der Waals surface area (Å²) in [6, 6.07) is 9.38. The average molecular weight is 428 g/mol. The first-order chi connectivity index (χ1) is 13.2. The van der Waals surface area contributed by atoms with Crippen LogP contribution in [-0.4, -0.2) is 33.3 Å². The Morgan fingerprint density at radius 2 is 1.75 bits per heavy atom. The van der Waals surface area contributed by atoms with Gasteiger partial charge in [0, 0.05) is 23.7 Å². The second-order valence-electron chi connectivity index (χ2n) is 5.84. The smallest absolute Gasteiger partial charge is 0.243 e. The van der Waals surface area contributed by atoms with Gasteiger partial charge in [0.05, 0.1) is 11.4 Å². The molecule has 0 aromatic heterocycles. The molecule has 0 aliphatic carbocycles. The second kappa shape index (κ2) is 9.63. The molecule has 10 heteroatoms. The molecule has 0 spiro atoms. The van der Waals surface area contributed by atoms with E-state index in [1.54, 1.807) is 25.1 Å². The molecule has 28 heavy (non-hydrogen) atoms. The molecule has 2 amide bonds. The van der Waals surface area contributed by atoms with Gasteiger partial charge in [-0.2, -0.15) is 0 Å². The summed E-state index contributed by atoms with van der Waals surface area (Å²) in [6.07, 6.45) is -0.163. The number of halogens is 2. The lowest BCUT2D eigenvalue weighted by atomic mass is 10.2. The Balaban J connectivity index is 1.76. The minimum absolute atomic E-state index is 0.106. The lowest BCUT2D eigenvalue weighted by Gasteiger charge is -2.10. The largest absolute Gasteiger partial charge is 0.347 e. The van der Waals surface area contributed by atoms with Crippen molar-refractivity contribution in [3.05, 3.63) is 58.9 Å². The van der Waals surface area contributed by atoms with Crippen molar-refractivity contribution < 1.29 is 22.4 Å². The van der Waals surface area contributed by atoms with E-state index >= 15 is 0 Å². The van der Waals surface area contributed by atoms with Gasteiger partial charge in [0.25, 0.3) is 0 Å². The Morgan fingerprint density at radius 3 is 2.43 bits per heavy atom. The van der Waals surface area contributed by atoms with Crippen LogP contribution in [0.15, 0.2) is 47.4 Å². The predicted molar refractivity (Wildman–Crippen MR) is 104 cm³/mol. The first kappa shape index (κ1) is 21.8. The molecule has 7 nitrogen and oxygen atoms in total. The summed E-state index contributed by atoms with van der Waals surface area (Å²) in [5.41, 5.74) is 1.25. The van der Waals surface area contributed by atoms with Crippen LogP contribution in [0, 0.1) is 12.7 Å². The van der Waals surface area contributed by atoms with E-state index in [1.807, 2.05) is 0 Å². The fraction of sp³-hybridized carbons (Fsp3) is 0.222. The van der Waals surface area contributed by atoms with Gasteiger partial charge < -0.3 is 10.6 Å². The van der Waals surface area contributed by atoms with Crippen LogP contribution in [0.2, 0.25) is 5.02 Å². The molecular formula is C18H19ClFN3O4S. The Bertz CT molecular complexity index is 965. The molecule has 0 bridgehead atoms. The molecule has 0 aliphatic heterocycles. The minimum atomic E-state index is -3.84. The molecule has 0 saturated carbocycles. The summed E-state index contributed by atoms with van der Waals surface area (Å²) in [4.78, 5) is 23.6. The van der Waals surface area contributed by atoms with Crippen LogP contribution in [0.3, 0.4) is 0 Å². The van der Waals surface area contributed by atoms with Crippen LogP contribution in [-0.2, 0) is 19.6 Å². The van der Waals surface area contributed by atoms with Crippen LogP contribution >= 0.6 is 11.6 Å². The van der Waals surface area contributed by atoms with Crippen LogP contribution in [0.4, 0.5) is 10.1 Å². The van der Waals surface area contributed by atoms with Crippen LogP contribution in [0.5, 0.6) is 0 Å². The lowest BCUT2D eigenvalue weighted by molar-refractivity contribution is -0.124. The van der Waals surface area contributed by atoms with E-state index in [-0.39, 0.29) is 24.4 Å². The van der Waals surface area contributed by atoms with Crippen molar-refractivity contribution in [2.75, 3.05) is 18.4 Å². The van der Waals surface area contributed by atoms with Crippen molar-refractivity contribution in [2.45, 2.75) is 18.2 Å². The maximum Gasteiger partial charge on any atom is 0.243 e. The molecule has 2 aromatic rings. The number of nitrogens with one attached hydrogen (secondary N) is 3. The Kier molecular flexibility index (Phi) is 7.50.